The monoisotopic (exact) mass is 347 g/mol. The molecule has 0 aliphatic rings. The van der Waals surface area contributed by atoms with E-state index in [4.69, 9.17) is 0 Å². The molecule has 0 aliphatic heterocycles. The molecule has 26 heavy (non-hydrogen) atoms. The maximum atomic E-state index is 12.5. The van der Waals surface area contributed by atoms with E-state index in [1.54, 1.807) is 30.5 Å². The van der Waals surface area contributed by atoms with Gasteiger partial charge in [0, 0.05) is 29.3 Å². The Bertz CT molecular complexity index is 928. The fourth-order valence-corrected chi connectivity index (χ4v) is 2.57. The van der Waals surface area contributed by atoms with Crippen molar-refractivity contribution in [1.29, 1.82) is 0 Å². The van der Waals surface area contributed by atoms with Crippen molar-refractivity contribution in [1.82, 2.24) is 10.3 Å². The molecule has 3 aromatic rings. The summed E-state index contributed by atoms with van der Waals surface area (Å²) in [5, 5.41) is 6.71. The Morgan fingerprint density at radius 2 is 1.58 bits per heavy atom. The quantitative estimate of drug-likeness (QED) is 0.736. The van der Waals surface area contributed by atoms with Gasteiger partial charge in [0.05, 0.1) is 11.2 Å². The van der Waals surface area contributed by atoms with Crippen LogP contribution in [0.2, 0.25) is 0 Å². The summed E-state index contributed by atoms with van der Waals surface area (Å²) in [5.74, 6) is 0.0134. The molecule has 0 radical (unpaired) electrons. The molecule has 1 heterocycles. The SMILES string of the molecule is CC(C)CNC(=O)c1ccc(C(=O)Nc2cccc3cccnc23)cc1. The number of amides is 2. The summed E-state index contributed by atoms with van der Waals surface area (Å²) in [6.45, 7) is 4.70. The van der Waals surface area contributed by atoms with Gasteiger partial charge in [0.25, 0.3) is 11.8 Å². The highest BCUT2D eigenvalue weighted by Crippen LogP contribution is 2.21. The third-order valence-corrected chi connectivity index (χ3v) is 3.96. The highest BCUT2D eigenvalue weighted by atomic mass is 16.2. The predicted octanol–water partition coefficient (Wildman–Crippen LogP) is 3.87. The van der Waals surface area contributed by atoms with Gasteiger partial charge in [-0.3, -0.25) is 14.6 Å². The maximum Gasteiger partial charge on any atom is 0.255 e. The van der Waals surface area contributed by atoms with Crippen molar-refractivity contribution in [3.63, 3.8) is 0 Å². The van der Waals surface area contributed by atoms with Crippen LogP contribution >= 0.6 is 0 Å². The summed E-state index contributed by atoms with van der Waals surface area (Å²) < 4.78 is 0. The molecule has 0 saturated heterocycles. The molecular weight excluding hydrogens is 326 g/mol. The van der Waals surface area contributed by atoms with Crippen LogP contribution in [0.3, 0.4) is 0 Å². The van der Waals surface area contributed by atoms with Crippen molar-refractivity contribution in [2.24, 2.45) is 5.92 Å². The first-order chi connectivity index (χ1) is 12.5. The molecule has 2 N–H and O–H groups in total. The molecule has 2 aromatic carbocycles. The minimum atomic E-state index is -0.239. The summed E-state index contributed by atoms with van der Waals surface area (Å²) in [6.07, 6.45) is 1.70. The largest absolute Gasteiger partial charge is 0.352 e. The third-order valence-electron chi connectivity index (χ3n) is 3.96. The molecule has 0 atom stereocenters. The van der Waals surface area contributed by atoms with Crippen molar-refractivity contribution in [3.8, 4) is 0 Å². The average molecular weight is 347 g/mol. The minimum absolute atomic E-state index is 0.135. The molecule has 5 heteroatoms. The summed E-state index contributed by atoms with van der Waals surface area (Å²) in [4.78, 5) is 28.9. The fraction of sp³-hybridized carbons (Fsp3) is 0.190. The number of pyridine rings is 1. The Morgan fingerprint density at radius 3 is 2.27 bits per heavy atom. The standard InChI is InChI=1S/C21H21N3O2/c1-14(2)13-23-20(25)16-8-10-17(11-9-16)21(26)24-18-7-3-5-15-6-4-12-22-19(15)18/h3-12,14H,13H2,1-2H3,(H,23,25)(H,24,26). The van der Waals surface area contributed by atoms with Crippen molar-refractivity contribution < 1.29 is 9.59 Å². The van der Waals surface area contributed by atoms with Crippen LogP contribution in [0.4, 0.5) is 5.69 Å². The summed E-state index contributed by atoms with van der Waals surface area (Å²) in [5.41, 5.74) is 2.42. The molecule has 0 aliphatic carbocycles. The first kappa shape index (κ1) is 17.6. The van der Waals surface area contributed by atoms with E-state index in [0.717, 1.165) is 10.9 Å². The second kappa shape index (κ2) is 7.78. The lowest BCUT2D eigenvalue weighted by Gasteiger charge is -2.09. The smallest absolute Gasteiger partial charge is 0.255 e. The lowest BCUT2D eigenvalue weighted by Crippen LogP contribution is -2.27. The van der Waals surface area contributed by atoms with Gasteiger partial charge >= 0.3 is 0 Å². The zero-order chi connectivity index (χ0) is 18.5. The number of benzene rings is 2. The Labute approximate surface area is 152 Å². The predicted molar refractivity (Wildman–Crippen MR) is 103 cm³/mol. The number of nitrogens with one attached hydrogen (secondary N) is 2. The van der Waals surface area contributed by atoms with Crippen LogP contribution in [0.1, 0.15) is 34.6 Å². The van der Waals surface area contributed by atoms with Gasteiger partial charge in [0.2, 0.25) is 0 Å². The number of fused-ring (bicyclic) bond motifs is 1. The first-order valence-electron chi connectivity index (χ1n) is 8.58. The van der Waals surface area contributed by atoms with E-state index in [0.29, 0.717) is 29.3 Å². The Hall–Kier alpha value is -3.21. The summed E-state index contributed by atoms with van der Waals surface area (Å²) in [7, 11) is 0. The van der Waals surface area contributed by atoms with Gasteiger partial charge in [-0.2, -0.15) is 0 Å². The van der Waals surface area contributed by atoms with Gasteiger partial charge in [-0.1, -0.05) is 32.0 Å². The van der Waals surface area contributed by atoms with Crippen LogP contribution in [0.15, 0.2) is 60.8 Å². The number of rotatable bonds is 5. The van der Waals surface area contributed by atoms with Crippen LogP contribution < -0.4 is 10.6 Å². The Balaban J connectivity index is 1.73. The highest BCUT2D eigenvalue weighted by molar-refractivity contribution is 6.08. The fourth-order valence-electron chi connectivity index (χ4n) is 2.57. The molecule has 132 valence electrons. The number of nitrogens with zero attached hydrogens (tertiary/aromatic N) is 1. The van der Waals surface area contributed by atoms with Crippen molar-refractivity contribution in [2.75, 3.05) is 11.9 Å². The number of anilines is 1. The van der Waals surface area contributed by atoms with E-state index in [9.17, 15) is 9.59 Å². The van der Waals surface area contributed by atoms with Gasteiger partial charge in [-0.15, -0.1) is 0 Å². The third kappa shape index (κ3) is 4.06. The second-order valence-electron chi connectivity index (χ2n) is 6.52. The average Bonchev–Trinajstić information content (AvgIpc) is 2.66. The lowest BCUT2D eigenvalue weighted by molar-refractivity contribution is 0.0947. The molecular formula is C21H21N3O2. The van der Waals surface area contributed by atoms with Gasteiger partial charge < -0.3 is 10.6 Å². The molecule has 0 saturated carbocycles. The Morgan fingerprint density at radius 1 is 0.923 bits per heavy atom. The zero-order valence-electron chi connectivity index (χ0n) is 14.8. The van der Waals surface area contributed by atoms with Crippen molar-refractivity contribution >= 4 is 28.4 Å². The van der Waals surface area contributed by atoms with E-state index in [-0.39, 0.29) is 11.8 Å². The maximum absolute atomic E-state index is 12.5. The number of carbonyl (C=O) groups excluding carboxylic acids is 2. The van der Waals surface area contributed by atoms with Crippen LogP contribution in [-0.2, 0) is 0 Å². The van der Waals surface area contributed by atoms with Gasteiger partial charge in [-0.25, -0.2) is 0 Å². The number of para-hydroxylation sites is 1. The molecule has 5 nitrogen and oxygen atoms in total. The molecule has 0 spiro atoms. The van der Waals surface area contributed by atoms with E-state index in [2.05, 4.69) is 15.6 Å². The number of aromatic nitrogens is 1. The highest BCUT2D eigenvalue weighted by Gasteiger charge is 2.11. The van der Waals surface area contributed by atoms with E-state index < -0.39 is 0 Å². The van der Waals surface area contributed by atoms with Crippen LogP contribution in [-0.4, -0.2) is 23.3 Å². The summed E-state index contributed by atoms with van der Waals surface area (Å²) >= 11 is 0. The van der Waals surface area contributed by atoms with Crippen LogP contribution in [0.5, 0.6) is 0 Å². The van der Waals surface area contributed by atoms with Crippen molar-refractivity contribution in [3.05, 3.63) is 71.9 Å². The molecule has 0 unspecified atom stereocenters. The molecule has 3 rings (SSSR count). The summed E-state index contributed by atoms with van der Waals surface area (Å²) in [6, 6.07) is 16.1. The normalized spacial score (nSPS) is 10.7. The van der Waals surface area contributed by atoms with E-state index in [1.165, 1.54) is 0 Å². The molecule has 0 bridgehead atoms. The van der Waals surface area contributed by atoms with Gasteiger partial charge in [-0.05, 0) is 42.3 Å². The first-order valence-corrected chi connectivity index (χ1v) is 8.58. The van der Waals surface area contributed by atoms with Crippen molar-refractivity contribution in [2.45, 2.75) is 13.8 Å². The number of hydrogen-bond donors (Lipinski definition) is 2. The zero-order valence-corrected chi connectivity index (χ0v) is 14.8. The van der Waals surface area contributed by atoms with Gasteiger partial charge in [0.1, 0.15) is 0 Å². The van der Waals surface area contributed by atoms with Gasteiger partial charge in [0.15, 0.2) is 0 Å². The number of hydrogen-bond acceptors (Lipinski definition) is 3. The topological polar surface area (TPSA) is 71.1 Å². The molecule has 0 fully saturated rings. The minimum Gasteiger partial charge on any atom is -0.352 e. The Kier molecular flexibility index (Phi) is 5.27. The van der Waals surface area contributed by atoms with E-state index >= 15 is 0 Å². The van der Waals surface area contributed by atoms with Crippen LogP contribution in [0, 0.1) is 5.92 Å². The molecule has 2 amide bonds. The number of carbonyl (C=O) groups is 2. The molecule has 1 aromatic heterocycles. The lowest BCUT2D eigenvalue weighted by atomic mass is 10.1. The second-order valence-corrected chi connectivity index (χ2v) is 6.52. The van der Waals surface area contributed by atoms with E-state index in [1.807, 2.05) is 44.2 Å². The van der Waals surface area contributed by atoms with Crippen LogP contribution in [0.25, 0.3) is 10.9 Å².